The van der Waals surface area contributed by atoms with Crippen LogP contribution >= 0.6 is 11.6 Å². The molecule has 4 rings (SSSR count). The van der Waals surface area contributed by atoms with E-state index in [1.165, 1.54) is 19.3 Å². The third kappa shape index (κ3) is 6.15. The number of amides is 1. The highest BCUT2D eigenvalue weighted by Gasteiger charge is 2.24. The number of anilines is 2. The van der Waals surface area contributed by atoms with Crippen LogP contribution in [0.25, 0.3) is 10.9 Å². The van der Waals surface area contributed by atoms with Crippen LogP contribution in [0.4, 0.5) is 11.5 Å². The third-order valence-electron chi connectivity index (χ3n) is 6.62. The Balaban J connectivity index is 1.41. The number of nitrogens with zero attached hydrogens (tertiary/aromatic N) is 2. The summed E-state index contributed by atoms with van der Waals surface area (Å²) in [6, 6.07) is 7.86. The maximum atomic E-state index is 12.7. The summed E-state index contributed by atoms with van der Waals surface area (Å²) in [7, 11) is 0. The molecular formula is C25H33ClN4O3. The van der Waals surface area contributed by atoms with E-state index in [9.17, 15) is 9.59 Å². The van der Waals surface area contributed by atoms with Gasteiger partial charge in [-0.15, -0.1) is 0 Å². The standard InChI is InChI=1S/C25H33ClN4O3/c1-2-33-24(32)15-27-18-12-13-30(16-18)22-11-8-19-21(28-22)10-9-20(26)25(19)29-23(31)14-17-6-4-3-5-7-17/h8-11,17-18,27H,2-7,12-16H2,1H3,(H,29,31)/t18-/m0/s1. The van der Waals surface area contributed by atoms with Crippen molar-refractivity contribution in [2.24, 2.45) is 5.92 Å². The second-order valence-electron chi connectivity index (χ2n) is 9.03. The van der Waals surface area contributed by atoms with E-state index in [1.54, 1.807) is 13.0 Å². The van der Waals surface area contributed by atoms with Gasteiger partial charge in [0, 0.05) is 30.9 Å². The van der Waals surface area contributed by atoms with Gasteiger partial charge in [0.15, 0.2) is 0 Å². The molecule has 33 heavy (non-hydrogen) atoms. The van der Waals surface area contributed by atoms with Gasteiger partial charge >= 0.3 is 5.97 Å². The van der Waals surface area contributed by atoms with Crippen LogP contribution in [0.5, 0.6) is 0 Å². The second kappa shape index (κ2) is 11.2. The number of ether oxygens (including phenoxy) is 1. The predicted octanol–water partition coefficient (Wildman–Crippen LogP) is 4.53. The maximum absolute atomic E-state index is 12.7. The van der Waals surface area contributed by atoms with Crippen LogP contribution in [0, 0.1) is 5.92 Å². The molecule has 178 valence electrons. The van der Waals surface area contributed by atoms with E-state index in [0.717, 1.165) is 49.1 Å². The summed E-state index contributed by atoms with van der Waals surface area (Å²) in [4.78, 5) is 31.3. The first-order chi connectivity index (χ1) is 16.0. The molecule has 1 aromatic heterocycles. The lowest BCUT2D eigenvalue weighted by Gasteiger charge is -2.21. The van der Waals surface area contributed by atoms with Gasteiger partial charge in [-0.25, -0.2) is 4.98 Å². The molecule has 8 heteroatoms. The van der Waals surface area contributed by atoms with Gasteiger partial charge in [-0.05, 0) is 56.4 Å². The number of pyridine rings is 1. The Morgan fingerprint density at radius 1 is 1.15 bits per heavy atom. The number of halogens is 1. The van der Waals surface area contributed by atoms with Crippen LogP contribution in [-0.4, -0.2) is 49.1 Å². The zero-order chi connectivity index (χ0) is 23.2. The summed E-state index contributed by atoms with van der Waals surface area (Å²) in [5.41, 5.74) is 1.44. The van der Waals surface area contributed by atoms with Crippen molar-refractivity contribution in [2.75, 3.05) is 36.5 Å². The van der Waals surface area contributed by atoms with Gasteiger partial charge in [0.2, 0.25) is 5.91 Å². The molecule has 7 nitrogen and oxygen atoms in total. The van der Waals surface area contributed by atoms with Crippen molar-refractivity contribution in [3.63, 3.8) is 0 Å². The molecule has 1 amide bonds. The molecule has 0 bridgehead atoms. The molecule has 1 atom stereocenters. The fourth-order valence-electron chi connectivity index (χ4n) is 4.89. The van der Waals surface area contributed by atoms with Gasteiger partial charge in [0.05, 0.1) is 29.4 Å². The fourth-order valence-corrected chi connectivity index (χ4v) is 5.10. The van der Waals surface area contributed by atoms with E-state index in [4.69, 9.17) is 21.3 Å². The van der Waals surface area contributed by atoms with E-state index in [2.05, 4.69) is 15.5 Å². The van der Waals surface area contributed by atoms with Crippen molar-refractivity contribution >= 4 is 45.9 Å². The molecule has 1 aliphatic heterocycles. The molecular weight excluding hydrogens is 440 g/mol. The summed E-state index contributed by atoms with van der Waals surface area (Å²) in [5, 5.41) is 7.69. The van der Waals surface area contributed by atoms with Gasteiger partial charge in [0.1, 0.15) is 5.82 Å². The van der Waals surface area contributed by atoms with Gasteiger partial charge < -0.3 is 20.3 Å². The highest BCUT2D eigenvalue weighted by atomic mass is 35.5. The Labute approximate surface area is 200 Å². The van der Waals surface area contributed by atoms with Crippen molar-refractivity contribution in [3.05, 3.63) is 29.3 Å². The minimum absolute atomic E-state index is 0.0236. The molecule has 1 aliphatic carbocycles. The number of hydrogen-bond donors (Lipinski definition) is 2. The first-order valence-corrected chi connectivity index (χ1v) is 12.4. The van der Waals surface area contributed by atoms with Crippen LogP contribution in [0.15, 0.2) is 24.3 Å². The Morgan fingerprint density at radius 2 is 1.97 bits per heavy atom. The van der Waals surface area contributed by atoms with Crippen molar-refractivity contribution in [3.8, 4) is 0 Å². The minimum Gasteiger partial charge on any atom is -0.465 e. The molecule has 1 saturated heterocycles. The normalized spacial score (nSPS) is 19.1. The van der Waals surface area contributed by atoms with Gasteiger partial charge in [-0.3, -0.25) is 9.59 Å². The van der Waals surface area contributed by atoms with Crippen LogP contribution in [0.1, 0.15) is 51.9 Å². The lowest BCUT2D eigenvalue weighted by Crippen LogP contribution is -2.36. The lowest BCUT2D eigenvalue weighted by molar-refractivity contribution is -0.142. The first-order valence-electron chi connectivity index (χ1n) is 12.1. The van der Waals surface area contributed by atoms with Crippen molar-refractivity contribution in [2.45, 2.75) is 57.9 Å². The monoisotopic (exact) mass is 472 g/mol. The molecule has 0 radical (unpaired) electrons. The van der Waals surface area contributed by atoms with Crippen LogP contribution in [0.3, 0.4) is 0 Å². The van der Waals surface area contributed by atoms with E-state index in [1.807, 2.05) is 18.2 Å². The number of fused-ring (bicyclic) bond motifs is 1. The average molecular weight is 473 g/mol. The van der Waals surface area contributed by atoms with Crippen LogP contribution < -0.4 is 15.5 Å². The molecule has 0 spiro atoms. The number of rotatable bonds is 8. The Hall–Kier alpha value is -2.38. The number of benzene rings is 1. The number of hydrogen-bond acceptors (Lipinski definition) is 6. The van der Waals surface area contributed by atoms with Gasteiger partial charge in [-0.1, -0.05) is 30.9 Å². The molecule has 2 N–H and O–H groups in total. The Morgan fingerprint density at radius 3 is 2.76 bits per heavy atom. The highest BCUT2D eigenvalue weighted by Crippen LogP contribution is 2.33. The van der Waals surface area contributed by atoms with Crippen molar-refractivity contribution in [1.29, 1.82) is 0 Å². The third-order valence-corrected chi connectivity index (χ3v) is 6.94. The van der Waals surface area contributed by atoms with Crippen molar-refractivity contribution in [1.82, 2.24) is 10.3 Å². The average Bonchev–Trinajstić information content (AvgIpc) is 3.29. The van der Waals surface area contributed by atoms with E-state index >= 15 is 0 Å². The molecule has 1 saturated carbocycles. The summed E-state index contributed by atoms with van der Waals surface area (Å²) in [6.07, 6.45) is 7.46. The minimum atomic E-state index is -0.227. The second-order valence-corrected chi connectivity index (χ2v) is 9.44. The number of carbonyl (C=O) groups is 2. The molecule has 2 aliphatic rings. The molecule has 2 heterocycles. The molecule has 1 aromatic carbocycles. The topological polar surface area (TPSA) is 83.6 Å². The first kappa shape index (κ1) is 23.8. The number of carbonyl (C=O) groups excluding carboxylic acids is 2. The Bertz CT molecular complexity index is 993. The SMILES string of the molecule is CCOC(=O)CN[C@H]1CCN(c2ccc3c(NC(=O)CC4CCCCC4)c(Cl)ccc3n2)C1. The highest BCUT2D eigenvalue weighted by molar-refractivity contribution is 6.35. The van der Waals surface area contributed by atoms with Gasteiger partial charge in [0.25, 0.3) is 0 Å². The fraction of sp³-hybridized carbons (Fsp3) is 0.560. The van der Waals surface area contributed by atoms with Gasteiger partial charge in [-0.2, -0.15) is 0 Å². The van der Waals surface area contributed by atoms with Crippen LogP contribution in [-0.2, 0) is 14.3 Å². The molecule has 2 fully saturated rings. The smallest absolute Gasteiger partial charge is 0.319 e. The number of aromatic nitrogens is 1. The largest absolute Gasteiger partial charge is 0.465 e. The lowest BCUT2D eigenvalue weighted by atomic mass is 9.87. The molecule has 2 aromatic rings. The van der Waals surface area contributed by atoms with E-state index in [-0.39, 0.29) is 24.5 Å². The number of esters is 1. The van der Waals surface area contributed by atoms with E-state index < -0.39 is 0 Å². The summed E-state index contributed by atoms with van der Waals surface area (Å²) in [6.45, 7) is 4.06. The van der Waals surface area contributed by atoms with E-state index in [0.29, 0.717) is 29.7 Å². The summed E-state index contributed by atoms with van der Waals surface area (Å²) < 4.78 is 4.98. The summed E-state index contributed by atoms with van der Waals surface area (Å²) in [5.74, 6) is 1.15. The maximum Gasteiger partial charge on any atom is 0.319 e. The number of nitrogens with one attached hydrogen (secondary N) is 2. The quantitative estimate of drug-likeness (QED) is 0.549. The summed E-state index contributed by atoms with van der Waals surface area (Å²) >= 11 is 6.46. The zero-order valence-electron chi connectivity index (χ0n) is 19.2. The predicted molar refractivity (Wildman–Crippen MR) is 132 cm³/mol. The Kier molecular flexibility index (Phi) is 8.04. The van der Waals surface area contributed by atoms with Crippen LogP contribution in [0.2, 0.25) is 5.02 Å². The van der Waals surface area contributed by atoms with Crippen molar-refractivity contribution < 1.29 is 14.3 Å². The molecule has 0 unspecified atom stereocenters. The zero-order valence-corrected chi connectivity index (χ0v) is 20.0.